The van der Waals surface area contributed by atoms with E-state index in [1.165, 1.54) is 29.5 Å². The number of para-hydroxylation sites is 1. The summed E-state index contributed by atoms with van der Waals surface area (Å²) in [6.07, 6.45) is 2.64. The van der Waals surface area contributed by atoms with Gasteiger partial charge in [0.15, 0.2) is 0 Å². The largest absolute Gasteiger partial charge is 0.253 e. The Hall–Kier alpha value is -1.37. The maximum atomic E-state index is 4.78. The number of rotatable bonds is 2. The van der Waals surface area contributed by atoms with Crippen molar-refractivity contribution < 1.29 is 0 Å². The second-order valence-electron chi connectivity index (χ2n) is 5.08. The van der Waals surface area contributed by atoms with E-state index < -0.39 is 0 Å². The molecule has 1 aromatic carbocycles. The van der Waals surface area contributed by atoms with Crippen LogP contribution in [-0.2, 0) is 0 Å². The van der Waals surface area contributed by atoms with Crippen molar-refractivity contribution in [1.29, 1.82) is 0 Å². The number of hydrogen-bond acceptors (Lipinski definition) is 1. The molecule has 2 aromatic rings. The van der Waals surface area contributed by atoms with Crippen molar-refractivity contribution in [3.05, 3.63) is 41.6 Å². The first-order valence-electron chi connectivity index (χ1n) is 6.15. The van der Waals surface area contributed by atoms with E-state index in [0.29, 0.717) is 5.92 Å². The number of pyridine rings is 1. The maximum absolute atomic E-state index is 4.78. The van der Waals surface area contributed by atoms with Crippen molar-refractivity contribution in [3.63, 3.8) is 0 Å². The van der Waals surface area contributed by atoms with Crippen molar-refractivity contribution in [2.24, 2.45) is 0 Å². The van der Waals surface area contributed by atoms with Gasteiger partial charge >= 0.3 is 0 Å². The molecule has 0 amide bonds. The molecule has 0 saturated heterocycles. The molecule has 82 valence electrons. The lowest BCUT2D eigenvalue weighted by Gasteiger charge is -2.11. The molecule has 0 N–H and O–H groups in total. The summed E-state index contributed by atoms with van der Waals surface area (Å²) >= 11 is 0. The Morgan fingerprint density at radius 3 is 2.62 bits per heavy atom. The van der Waals surface area contributed by atoms with Gasteiger partial charge in [0.1, 0.15) is 0 Å². The molecule has 0 aliphatic heterocycles. The van der Waals surface area contributed by atoms with Crippen LogP contribution in [0.3, 0.4) is 0 Å². The smallest absolute Gasteiger partial charge is 0.0708 e. The zero-order valence-corrected chi connectivity index (χ0v) is 9.90. The minimum absolute atomic E-state index is 0.574. The van der Waals surface area contributed by atoms with E-state index in [4.69, 9.17) is 4.98 Å². The summed E-state index contributed by atoms with van der Waals surface area (Å²) in [4.78, 5) is 4.78. The Kier molecular flexibility index (Phi) is 2.20. The molecular formula is C15H17N. The number of fused-ring (bicyclic) bond motifs is 1. The van der Waals surface area contributed by atoms with Gasteiger partial charge in [-0.05, 0) is 36.5 Å². The second-order valence-corrected chi connectivity index (χ2v) is 5.08. The molecule has 1 aromatic heterocycles. The van der Waals surface area contributed by atoms with Gasteiger partial charge in [-0.3, -0.25) is 4.98 Å². The number of aromatic nitrogens is 1. The van der Waals surface area contributed by atoms with Crippen molar-refractivity contribution in [1.82, 2.24) is 4.98 Å². The summed E-state index contributed by atoms with van der Waals surface area (Å²) in [6, 6.07) is 10.8. The van der Waals surface area contributed by atoms with Crippen LogP contribution < -0.4 is 0 Å². The molecule has 0 bridgehead atoms. The van der Waals surface area contributed by atoms with E-state index in [-0.39, 0.29) is 0 Å². The molecule has 1 fully saturated rings. The molecule has 1 nitrogen and oxygen atoms in total. The van der Waals surface area contributed by atoms with Gasteiger partial charge in [0.2, 0.25) is 0 Å². The lowest BCUT2D eigenvalue weighted by Crippen LogP contribution is -1.96. The van der Waals surface area contributed by atoms with Gasteiger partial charge in [0.05, 0.1) is 5.52 Å². The van der Waals surface area contributed by atoms with Crippen LogP contribution >= 0.6 is 0 Å². The van der Waals surface area contributed by atoms with Gasteiger partial charge in [-0.2, -0.15) is 0 Å². The average molecular weight is 211 g/mol. The summed E-state index contributed by atoms with van der Waals surface area (Å²) in [5.74, 6) is 1.31. The van der Waals surface area contributed by atoms with Crippen molar-refractivity contribution >= 4 is 10.9 Å². The first kappa shape index (κ1) is 9.83. The average Bonchev–Trinajstić information content (AvgIpc) is 3.11. The molecule has 1 aliphatic carbocycles. The standard InChI is InChI=1S/C15H17N/c1-10(2)13-9-15(11-7-8-11)16-14-6-4-3-5-12(13)14/h3-6,9-11H,7-8H2,1-2H3. The molecule has 1 heteroatoms. The van der Waals surface area contributed by atoms with Crippen molar-refractivity contribution in [2.45, 2.75) is 38.5 Å². The molecule has 1 heterocycles. The number of nitrogens with zero attached hydrogens (tertiary/aromatic N) is 1. The molecule has 0 spiro atoms. The zero-order valence-electron chi connectivity index (χ0n) is 9.90. The van der Waals surface area contributed by atoms with Gasteiger partial charge in [-0.15, -0.1) is 0 Å². The van der Waals surface area contributed by atoms with E-state index in [1.54, 1.807) is 0 Å². The first-order valence-corrected chi connectivity index (χ1v) is 6.15. The third-order valence-corrected chi connectivity index (χ3v) is 3.39. The maximum Gasteiger partial charge on any atom is 0.0708 e. The van der Waals surface area contributed by atoms with Crippen LogP contribution in [0.5, 0.6) is 0 Å². The van der Waals surface area contributed by atoms with Gasteiger partial charge in [0.25, 0.3) is 0 Å². The summed E-state index contributed by atoms with van der Waals surface area (Å²) < 4.78 is 0. The van der Waals surface area contributed by atoms with Crippen LogP contribution in [0.1, 0.15) is 49.8 Å². The lowest BCUT2D eigenvalue weighted by molar-refractivity contribution is 0.866. The van der Waals surface area contributed by atoms with E-state index in [0.717, 1.165) is 11.4 Å². The summed E-state index contributed by atoms with van der Waals surface area (Å²) in [5.41, 5.74) is 3.92. The van der Waals surface area contributed by atoms with E-state index in [2.05, 4.69) is 44.2 Å². The fraction of sp³-hybridized carbons (Fsp3) is 0.400. The Morgan fingerprint density at radius 1 is 1.19 bits per heavy atom. The Morgan fingerprint density at radius 2 is 1.94 bits per heavy atom. The van der Waals surface area contributed by atoms with Crippen LogP contribution in [0, 0.1) is 0 Å². The summed E-state index contributed by atoms with van der Waals surface area (Å²) in [5, 5.41) is 1.32. The van der Waals surface area contributed by atoms with E-state index >= 15 is 0 Å². The highest BCUT2D eigenvalue weighted by molar-refractivity contribution is 5.83. The Balaban J connectivity index is 2.26. The summed E-state index contributed by atoms with van der Waals surface area (Å²) in [6.45, 7) is 4.52. The van der Waals surface area contributed by atoms with Crippen LogP contribution in [-0.4, -0.2) is 4.98 Å². The molecule has 1 saturated carbocycles. The van der Waals surface area contributed by atoms with Crippen LogP contribution in [0.15, 0.2) is 30.3 Å². The van der Waals surface area contributed by atoms with E-state index in [1.807, 2.05) is 0 Å². The highest BCUT2D eigenvalue weighted by atomic mass is 14.7. The third-order valence-electron chi connectivity index (χ3n) is 3.39. The minimum atomic E-state index is 0.574. The van der Waals surface area contributed by atoms with Crippen LogP contribution in [0.2, 0.25) is 0 Å². The third kappa shape index (κ3) is 1.60. The highest BCUT2D eigenvalue weighted by Gasteiger charge is 2.26. The molecule has 0 radical (unpaired) electrons. The molecular weight excluding hydrogens is 194 g/mol. The zero-order chi connectivity index (χ0) is 11.1. The molecule has 16 heavy (non-hydrogen) atoms. The highest BCUT2D eigenvalue weighted by Crippen LogP contribution is 2.40. The molecule has 0 unspecified atom stereocenters. The minimum Gasteiger partial charge on any atom is -0.253 e. The van der Waals surface area contributed by atoms with Crippen molar-refractivity contribution in [2.75, 3.05) is 0 Å². The van der Waals surface area contributed by atoms with Gasteiger partial charge < -0.3 is 0 Å². The molecule has 3 rings (SSSR count). The fourth-order valence-electron chi connectivity index (χ4n) is 2.29. The first-order chi connectivity index (χ1) is 7.75. The Bertz CT molecular complexity index is 524. The molecule has 0 atom stereocenters. The van der Waals surface area contributed by atoms with Gasteiger partial charge in [-0.25, -0.2) is 0 Å². The topological polar surface area (TPSA) is 12.9 Å². The quantitative estimate of drug-likeness (QED) is 0.724. The predicted octanol–water partition coefficient (Wildman–Crippen LogP) is 4.24. The van der Waals surface area contributed by atoms with Crippen LogP contribution in [0.4, 0.5) is 0 Å². The SMILES string of the molecule is CC(C)c1cc(C2CC2)nc2ccccc12. The van der Waals surface area contributed by atoms with Gasteiger partial charge in [0, 0.05) is 17.0 Å². The second kappa shape index (κ2) is 3.58. The predicted molar refractivity (Wildman–Crippen MR) is 67.8 cm³/mol. The number of benzene rings is 1. The normalized spacial score (nSPS) is 15.9. The lowest BCUT2D eigenvalue weighted by atomic mass is 9.97. The Labute approximate surface area is 96.5 Å². The molecule has 1 aliphatic rings. The summed E-state index contributed by atoms with van der Waals surface area (Å²) in [7, 11) is 0. The monoisotopic (exact) mass is 211 g/mol. The van der Waals surface area contributed by atoms with Gasteiger partial charge in [-0.1, -0.05) is 32.0 Å². The fourth-order valence-corrected chi connectivity index (χ4v) is 2.29. The number of hydrogen-bond donors (Lipinski definition) is 0. The van der Waals surface area contributed by atoms with E-state index in [9.17, 15) is 0 Å². The van der Waals surface area contributed by atoms with Crippen LogP contribution in [0.25, 0.3) is 10.9 Å². The van der Waals surface area contributed by atoms with Crippen molar-refractivity contribution in [3.8, 4) is 0 Å².